The van der Waals surface area contributed by atoms with Crippen LogP contribution in [0, 0.1) is 10.1 Å². The molecule has 0 aliphatic carbocycles. The SMILES string of the molecule is COc1ccc2sc(=NC(=O)/C=C/c3cccc([N+](=O)[O-])c3)n(CCSC)c2c1. The Labute approximate surface area is 175 Å². The van der Waals surface area contributed by atoms with E-state index in [1.54, 1.807) is 31.0 Å². The number of methoxy groups -OCH3 is 1. The van der Waals surface area contributed by atoms with Gasteiger partial charge in [-0.2, -0.15) is 16.8 Å². The van der Waals surface area contributed by atoms with Crippen LogP contribution in [0.2, 0.25) is 0 Å². The quantitative estimate of drug-likeness (QED) is 0.320. The standard InChI is InChI=1S/C20H19N3O4S2/c1-27-16-7-8-18-17(13-16)22(10-11-28-2)20(29-18)21-19(24)9-6-14-4-3-5-15(12-14)23(25)26/h3-9,12-13H,10-11H2,1-2H3/b9-6+,21-20?. The highest BCUT2D eigenvalue weighted by Gasteiger charge is 2.09. The number of nitro groups is 1. The molecule has 3 rings (SSSR count). The number of carbonyl (C=O) groups excluding carboxylic acids is 1. The Morgan fingerprint density at radius 1 is 1.34 bits per heavy atom. The number of hydrogen-bond donors (Lipinski definition) is 0. The number of thioether (sulfide) groups is 1. The van der Waals surface area contributed by atoms with E-state index in [9.17, 15) is 14.9 Å². The molecule has 150 valence electrons. The zero-order valence-electron chi connectivity index (χ0n) is 15.9. The van der Waals surface area contributed by atoms with E-state index >= 15 is 0 Å². The van der Waals surface area contributed by atoms with Gasteiger partial charge in [-0.25, -0.2) is 0 Å². The average molecular weight is 430 g/mol. The first kappa shape index (κ1) is 20.8. The van der Waals surface area contributed by atoms with Gasteiger partial charge in [0.25, 0.3) is 11.6 Å². The minimum atomic E-state index is -0.469. The molecule has 0 aliphatic heterocycles. The molecule has 0 saturated heterocycles. The van der Waals surface area contributed by atoms with Gasteiger partial charge in [-0.1, -0.05) is 23.5 Å². The summed E-state index contributed by atoms with van der Waals surface area (Å²) < 4.78 is 8.34. The highest BCUT2D eigenvalue weighted by Crippen LogP contribution is 2.23. The van der Waals surface area contributed by atoms with Gasteiger partial charge in [-0.15, -0.1) is 0 Å². The van der Waals surface area contributed by atoms with Crippen molar-refractivity contribution in [1.29, 1.82) is 0 Å². The molecule has 0 saturated carbocycles. The smallest absolute Gasteiger partial charge is 0.272 e. The van der Waals surface area contributed by atoms with E-state index in [1.165, 1.54) is 35.6 Å². The number of aryl methyl sites for hydroxylation is 1. The fourth-order valence-electron chi connectivity index (χ4n) is 2.70. The van der Waals surface area contributed by atoms with Crippen LogP contribution in [0.1, 0.15) is 5.56 Å². The molecule has 1 aromatic heterocycles. The lowest BCUT2D eigenvalue weighted by Gasteiger charge is -2.05. The number of hydrogen-bond acceptors (Lipinski definition) is 6. The molecule has 0 fully saturated rings. The molecular weight excluding hydrogens is 410 g/mol. The normalized spacial score (nSPS) is 12.0. The van der Waals surface area contributed by atoms with Gasteiger partial charge < -0.3 is 9.30 Å². The largest absolute Gasteiger partial charge is 0.497 e. The zero-order valence-corrected chi connectivity index (χ0v) is 17.5. The Morgan fingerprint density at radius 3 is 2.90 bits per heavy atom. The van der Waals surface area contributed by atoms with E-state index < -0.39 is 10.8 Å². The summed E-state index contributed by atoms with van der Waals surface area (Å²) in [5.41, 5.74) is 1.52. The number of rotatable bonds is 7. The summed E-state index contributed by atoms with van der Waals surface area (Å²) in [6.45, 7) is 0.717. The first-order valence-corrected chi connectivity index (χ1v) is 10.9. The van der Waals surface area contributed by atoms with Crippen LogP contribution in [0.4, 0.5) is 5.69 Å². The molecule has 3 aromatic rings. The van der Waals surface area contributed by atoms with E-state index in [2.05, 4.69) is 4.99 Å². The van der Waals surface area contributed by atoms with Crippen LogP contribution >= 0.6 is 23.1 Å². The van der Waals surface area contributed by atoms with E-state index in [4.69, 9.17) is 4.74 Å². The van der Waals surface area contributed by atoms with Gasteiger partial charge in [0.15, 0.2) is 4.80 Å². The van der Waals surface area contributed by atoms with Crippen LogP contribution in [0.15, 0.2) is 53.5 Å². The molecule has 7 nitrogen and oxygen atoms in total. The minimum Gasteiger partial charge on any atom is -0.497 e. The Bertz CT molecular complexity index is 1150. The van der Waals surface area contributed by atoms with Gasteiger partial charge in [0.1, 0.15) is 5.75 Å². The van der Waals surface area contributed by atoms with Crippen LogP contribution in [-0.2, 0) is 11.3 Å². The van der Waals surface area contributed by atoms with Gasteiger partial charge in [0, 0.05) is 36.6 Å². The van der Waals surface area contributed by atoms with Crippen LogP contribution in [0.3, 0.4) is 0 Å². The number of nitro benzene ring substituents is 1. The number of carbonyl (C=O) groups is 1. The van der Waals surface area contributed by atoms with E-state index in [-0.39, 0.29) is 5.69 Å². The highest BCUT2D eigenvalue weighted by molar-refractivity contribution is 7.98. The number of nitrogens with zero attached hydrogens (tertiary/aromatic N) is 3. The molecule has 0 atom stereocenters. The molecule has 1 heterocycles. The fourth-order valence-corrected chi connectivity index (χ4v) is 4.11. The molecule has 0 aliphatic rings. The van der Waals surface area contributed by atoms with E-state index in [1.807, 2.05) is 29.0 Å². The zero-order chi connectivity index (χ0) is 20.8. The molecule has 2 aromatic carbocycles. The molecule has 0 radical (unpaired) electrons. The Morgan fingerprint density at radius 2 is 2.17 bits per heavy atom. The number of thiazole rings is 1. The fraction of sp³-hybridized carbons (Fsp3) is 0.200. The maximum absolute atomic E-state index is 12.4. The van der Waals surface area contributed by atoms with Crippen molar-refractivity contribution in [3.8, 4) is 5.75 Å². The summed E-state index contributed by atoms with van der Waals surface area (Å²) in [6, 6.07) is 11.9. The first-order valence-electron chi connectivity index (χ1n) is 8.69. The van der Waals surface area contributed by atoms with Gasteiger partial charge in [-0.05, 0) is 30.0 Å². The summed E-state index contributed by atoms with van der Waals surface area (Å²) in [7, 11) is 1.62. The van der Waals surface area contributed by atoms with E-state index in [0.29, 0.717) is 10.4 Å². The molecule has 0 spiro atoms. The minimum absolute atomic E-state index is 0.0232. The predicted octanol–water partition coefficient (Wildman–Crippen LogP) is 4.12. The lowest BCUT2D eigenvalue weighted by molar-refractivity contribution is -0.384. The number of benzene rings is 2. The van der Waals surface area contributed by atoms with Crippen LogP contribution < -0.4 is 9.54 Å². The lowest BCUT2D eigenvalue weighted by Crippen LogP contribution is -2.17. The molecule has 0 N–H and O–H groups in total. The second-order valence-corrected chi connectivity index (χ2v) is 7.99. The van der Waals surface area contributed by atoms with Crippen molar-refractivity contribution in [1.82, 2.24) is 4.57 Å². The number of ether oxygens (including phenoxy) is 1. The first-order chi connectivity index (χ1) is 14.0. The second-order valence-electron chi connectivity index (χ2n) is 6.00. The summed E-state index contributed by atoms with van der Waals surface area (Å²) in [4.78, 5) is 27.7. The third kappa shape index (κ3) is 5.12. The maximum Gasteiger partial charge on any atom is 0.272 e. The summed E-state index contributed by atoms with van der Waals surface area (Å²) in [5.74, 6) is 1.21. The predicted molar refractivity (Wildman–Crippen MR) is 117 cm³/mol. The monoisotopic (exact) mass is 429 g/mol. The third-order valence-corrected chi connectivity index (χ3v) is 5.76. The van der Waals surface area contributed by atoms with Crippen molar-refractivity contribution in [3.63, 3.8) is 0 Å². The second kappa shape index (κ2) is 9.53. The maximum atomic E-state index is 12.4. The molecule has 1 amide bonds. The van der Waals surface area contributed by atoms with Crippen molar-refractivity contribution >= 4 is 51.0 Å². The van der Waals surface area contributed by atoms with Gasteiger partial charge >= 0.3 is 0 Å². The summed E-state index contributed by atoms with van der Waals surface area (Å²) in [5, 5.41) is 10.9. The Balaban J connectivity index is 1.94. The third-order valence-electron chi connectivity index (χ3n) is 4.11. The van der Waals surface area contributed by atoms with Gasteiger partial charge in [0.05, 0.1) is 22.2 Å². The lowest BCUT2D eigenvalue weighted by atomic mass is 10.2. The summed E-state index contributed by atoms with van der Waals surface area (Å²) >= 11 is 3.15. The van der Waals surface area contributed by atoms with Crippen molar-refractivity contribution in [2.75, 3.05) is 19.1 Å². The van der Waals surface area contributed by atoms with Crippen LogP contribution in [-0.4, -0.2) is 34.5 Å². The number of amides is 1. The Kier molecular flexibility index (Phi) is 6.84. The molecule has 9 heteroatoms. The topological polar surface area (TPSA) is 86.7 Å². The van der Waals surface area contributed by atoms with E-state index in [0.717, 1.165) is 28.3 Å². The number of fused-ring (bicyclic) bond motifs is 1. The van der Waals surface area contributed by atoms with Crippen LogP contribution in [0.25, 0.3) is 16.3 Å². The van der Waals surface area contributed by atoms with Crippen molar-refractivity contribution in [3.05, 3.63) is 69.0 Å². The molecule has 29 heavy (non-hydrogen) atoms. The molecular formula is C20H19N3O4S2. The molecule has 0 bridgehead atoms. The van der Waals surface area contributed by atoms with Gasteiger partial charge in [0.2, 0.25) is 0 Å². The van der Waals surface area contributed by atoms with Gasteiger partial charge in [-0.3, -0.25) is 14.9 Å². The Hall–Kier alpha value is -2.91. The van der Waals surface area contributed by atoms with Crippen molar-refractivity contribution < 1.29 is 14.5 Å². The molecule has 0 unspecified atom stereocenters. The van der Waals surface area contributed by atoms with Crippen LogP contribution in [0.5, 0.6) is 5.75 Å². The van der Waals surface area contributed by atoms with Crippen molar-refractivity contribution in [2.45, 2.75) is 6.54 Å². The number of non-ortho nitro benzene ring substituents is 1. The number of aromatic nitrogens is 1. The van der Waals surface area contributed by atoms with Crippen molar-refractivity contribution in [2.24, 2.45) is 4.99 Å². The highest BCUT2D eigenvalue weighted by atomic mass is 32.2. The average Bonchev–Trinajstić information content (AvgIpc) is 3.06. The summed E-state index contributed by atoms with van der Waals surface area (Å²) in [6.07, 6.45) is 4.88.